The molecule has 0 amide bonds. The molecule has 2 heterocycles. The van der Waals surface area contributed by atoms with Gasteiger partial charge in [-0.25, -0.2) is 9.78 Å². The van der Waals surface area contributed by atoms with Crippen LogP contribution in [0.15, 0.2) is 18.2 Å². The molecule has 0 bridgehead atoms. The number of rotatable bonds is 4. The topological polar surface area (TPSA) is 75.5 Å². The van der Waals surface area contributed by atoms with Crippen LogP contribution in [0.2, 0.25) is 5.02 Å². The Labute approximate surface area is 136 Å². The SMILES string of the molecule is COCc1nsc(N2Cc3cccc(Cl)c3C[C@@H]2C(=O)O)n1. The number of hydrogen-bond donors (Lipinski definition) is 1. The van der Waals surface area contributed by atoms with E-state index in [-0.39, 0.29) is 0 Å². The molecule has 8 heteroatoms. The average molecular weight is 340 g/mol. The van der Waals surface area contributed by atoms with Crippen molar-refractivity contribution in [2.75, 3.05) is 12.0 Å². The second kappa shape index (κ2) is 6.20. The van der Waals surface area contributed by atoms with Crippen LogP contribution in [0.4, 0.5) is 5.13 Å². The highest BCUT2D eigenvalue weighted by molar-refractivity contribution is 7.09. The summed E-state index contributed by atoms with van der Waals surface area (Å²) < 4.78 is 9.20. The maximum absolute atomic E-state index is 11.6. The molecular formula is C14H14ClN3O3S. The second-order valence-electron chi connectivity index (χ2n) is 4.99. The van der Waals surface area contributed by atoms with Crippen molar-refractivity contribution in [3.63, 3.8) is 0 Å². The van der Waals surface area contributed by atoms with Crippen LogP contribution in [0.25, 0.3) is 0 Å². The van der Waals surface area contributed by atoms with Gasteiger partial charge < -0.3 is 14.7 Å². The number of methoxy groups -OCH3 is 1. The van der Waals surface area contributed by atoms with Gasteiger partial charge in [0.15, 0.2) is 5.82 Å². The fraction of sp³-hybridized carbons (Fsp3) is 0.357. The molecule has 2 aromatic rings. The molecule has 1 aliphatic rings. The molecule has 0 saturated heterocycles. The number of carbonyl (C=O) groups is 1. The molecule has 6 nitrogen and oxygen atoms in total. The van der Waals surface area contributed by atoms with Crippen LogP contribution >= 0.6 is 23.1 Å². The van der Waals surface area contributed by atoms with Crippen molar-refractivity contribution in [3.05, 3.63) is 40.2 Å². The molecule has 3 rings (SSSR count). The predicted octanol–water partition coefficient (Wildman–Crippen LogP) is 2.35. The number of benzene rings is 1. The third-order valence-electron chi connectivity index (χ3n) is 3.59. The van der Waals surface area contributed by atoms with Crippen molar-refractivity contribution in [2.45, 2.75) is 25.6 Å². The van der Waals surface area contributed by atoms with Crippen molar-refractivity contribution in [3.8, 4) is 0 Å². The van der Waals surface area contributed by atoms with Gasteiger partial charge in [-0.3, -0.25) is 0 Å². The number of anilines is 1. The van der Waals surface area contributed by atoms with Crippen LogP contribution in [-0.2, 0) is 29.1 Å². The minimum atomic E-state index is -0.894. The zero-order valence-electron chi connectivity index (χ0n) is 11.8. The Morgan fingerprint density at radius 2 is 2.41 bits per heavy atom. The van der Waals surface area contributed by atoms with Gasteiger partial charge in [-0.05, 0) is 17.2 Å². The molecule has 116 valence electrons. The third kappa shape index (κ3) is 2.79. The van der Waals surface area contributed by atoms with Gasteiger partial charge in [-0.15, -0.1) is 0 Å². The van der Waals surface area contributed by atoms with Crippen LogP contribution in [0.1, 0.15) is 17.0 Å². The van der Waals surface area contributed by atoms with E-state index >= 15 is 0 Å². The van der Waals surface area contributed by atoms with Crippen molar-refractivity contribution in [1.82, 2.24) is 9.36 Å². The van der Waals surface area contributed by atoms with Gasteiger partial charge in [0.1, 0.15) is 12.6 Å². The lowest BCUT2D eigenvalue weighted by Gasteiger charge is -2.34. The van der Waals surface area contributed by atoms with E-state index in [9.17, 15) is 9.90 Å². The number of carboxylic acids is 1. The molecule has 1 N–H and O–H groups in total. The summed E-state index contributed by atoms with van der Waals surface area (Å²) in [6, 6.07) is 4.92. The van der Waals surface area contributed by atoms with Gasteiger partial charge >= 0.3 is 5.97 Å². The van der Waals surface area contributed by atoms with E-state index in [0.717, 1.165) is 11.1 Å². The lowest BCUT2D eigenvalue weighted by atomic mass is 9.94. The number of nitrogens with zero attached hydrogens (tertiary/aromatic N) is 3. The fourth-order valence-corrected chi connectivity index (χ4v) is 3.54. The molecule has 0 spiro atoms. The first-order chi connectivity index (χ1) is 10.6. The first kappa shape index (κ1) is 15.2. The molecule has 1 atom stereocenters. The van der Waals surface area contributed by atoms with Crippen molar-refractivity contribution in [2.24, 2.45) is 0 Å². The van der Waals surface area contributed by atoms with E-state index in [4.69, 9.17) is 16.3 Å². The Morgan fingerprint density at radius 3 is 3.14 bits per heavy atom. The van der Waals surface area contributed by atoms with E-state index < -0.39 is 12.0 Å². The standard InChI is InChI=1S/C14H14ClN3O3S/c1-21-7-12-16-14(22-17-12)18-6-8-3-2-4-10(15)9(8)5-11(18)13(19)20/h2-4,11H,5-7H2,1H3,(H,19,20)/t11-/m1/s1. The highest BCUT2D eigenvalue weighted by Crippen LogP contribution is 2.33. The molecule has 1 aromatic carbocycles. The lowest BCUT2D eigenvalue weighted by molar-refractivity contribution is -0.138. The van der Waals surface area contributed by atoms with Crippen LogP contribution < -0.4 is 4.90 Å². The number of aromatic nitrogens is 2. The summed E-state index contributed by atoms with van der Waals surface area (Å²) in [6.45, 7) is 0.763. The quantitative estimate of drug-likeness (QED) is 0.921. The van der Waals surface area contributed by atoms with Crippen LogP contribution in [0.5, 0.6) is 0 Å². The summed E-state index contributed by atoms with van der Waals surface area (Å²) in [4.78, 5) is 17.8. The Hall–Kier alpha value is -1.70. The van der Waals surface area contributed by atoms with E-state index in [0.29, 0.717) is 35.6 Å². The summed E-state index contributed by atoms with van der Waals surface area (Å²) in [5, 5.41) is 10.7. The summed E-state index contributed by atoms with van der Waals surface area (Å²) in [5.74, 6) is -0.336. The zero-order chi connectivity index (χ0) is 15.7. The zero-order valence-corrected chi connectivity index (χ0v) is 13.4. The molecule has 1 aromatic heterocycles. The summed E-state index contributed by atoms with van der Waals surface area (Å²) >= 11 is 7.38. The van der Waals surface area contributed by atoms with Crippen LogP contribution in [-0.4, -0.2) is 33.6 Å². The molecule has 0 unspecified atom stereocenters. The molecule has 1 aliphatic heterocycles. The molecular weight excluding hydrogens is 326 g/mol. The molecule has 0 saturated carbocycles. The van der Waals surface area contributed by atoms with Gasteiger partial charge in [0.05, 0.1) is 0 Å². The van der Waals surface area contributed by atoms with E-state index in [1.165, 1.54) is 11.5 Å². The predicted molar refractivity (Wildman–Crippen MR) is 83.4 cm³/mol. The molecule has 0 aliphatic carbocycles. The van der Waals surface area contributed by atoms with Crippen molar-refractivity contribution < 1.29 is 14.6 Å². The maximum atomic E-state index is 11.6. The molecule has 0 radical (unpaired) electrons. The Balaban J connectivity index is 1.96. The monoisotopic (exact) mass is 339 g/mol. The Morgan fingerprint density at radius 1 is 1.59 bits per heavy atom. The Kier molecular flexibility index (Phi) is 4.28. The molecule has 0 fully saturated rings. The van der Waals surface area contributed by atoms with E-state index in [1.54, 1.807) is 18.1 Å². The van der Waals surface area contributed by atoms with Gasteiger partial charge in [0.2, 0.25) is 5.13 Å². The number of ether oxygens (including phenoxy) is 1. The summed E-state index contributed by atoms with van der Waals surface area (Å²) in [7, 11) is 1.57. The normalized spacial score (nSPS) is 17.4. The first-order valence-electron chi connectivity index (χ1n) is 6.67. The number of fused-ring (bicyclic) bond motifs is 1. The molecule has 22 heavy (non-hydrogen) atoms. The van der Waals surface area contributed by atoms with Crippen molar-refractivity contribution in [1.29, 1.82) is 0 Å². The van der Waals surface area contributed by atoms with Crippen molar-refractivity contribution >= 4 is 34.2 Å². The highest BCUT2D eigenvalue weighted by Gasteiger charge is 2.34. The third-order valence-corrected chi connectivity index (χ3v) is 4.74. The van der Waals surface area contributed by atoms with Gasteiger partial charge in [-0.2, -0.15) is 4.37 Å². The second-order valence-corrected chi connectivity index (χ2v) is 6.13. The van der Waals surface area contributed by atoms with E-state index in [2.05, 4.69) is 9.36 Å². The van der Waals surface area contributed by atoms with Gasteiger partial charge in [0, 0.05) is 36.6 Å². The number of hydrogen-bond acceptors (Lipinski definition) is 6. The average Bonchev–Trinajstić information content (AvgIpc) is 2.95. The maximum Gasteiger partial charge on any atom is 0.326 e. The van der Waals surface area contributed by atoms with Gasteiger partial charge in [0.25, 0.3) is 0 Å². The largest absolute Gasteiger partial charge is 0.480 e. The smallest absolute Gasteiger partial charge is 0.326 e. The lowest BCUT2D eigenvalue weighted by Crippen LogP contribution is -2.45. The number of halogens is 1. The van der Waals surface area contributed by atoms with Gasteiger partial charge in [-0.1, -0.05) is 23.7 Å². The Bertz CT molecular complexity index is 706. The van der Waals surface area contributed by atoms with Crippen LogP contribution in [0.3, 0.4) is 0 Å². The minimum absolute atomic E-state index is 0.310. The highest BCUT2D eigenvalue weighted by atomic mass is 35.5. The minimum Gasteiger partial charge on any atom is -0.480 e. The van der Waals surface area contributed by atoms with Crippen LogP contribution in [0, 0.1) is 0 Å². The number of aliphatic carboxylic acids is 1. The first-order valence-corrected chi connectivity index (χ1v) is 7.82. The summed E-state index contributed by atoms with van der Waals surface area (Å²) in [6.07, 6.45) is 0.351. The summed E-state index contributed by atoms with van der Waals surface area (Å²) in [5.41, 5.74) is 1.92. The fourth-order valence-electron chi connectivity index (χ4n) is 2.55. The number of carboxylic acid groups (broad SMARTS) is 1. The van der Waals surface area contributed by atoms with E-state index in [1.807, 2.05) is 12.1 Å².